The van der Waals surface area contributed by atoms with E-state index < -0.39 is 30.2 Å². The van der Waals surface area contributed by atoms with Crippen molar-refractivity contribution >= 4 is 0 Å². The van der Waals surface area contributed by atoms with Crippen molar-refractivity contribution in [3.63, 3.8) is 0 Å². The average Bonchev–Trinajstić information content (AvgIpc) is 2.25. The van der Waals surface area contributed by atoms with Crippen LogP contribution >= 0.6 is 0 Å². The number of hydrogen-bond acceptors (Lipinski definition) is 1. The summed E-state index contributed by atoms with van der Waals surface area (Å²) in [5, 5.41) is 8.61. The predicted molar refractivity (Wildman–Crippen MR) is 47.3 cm³/mol. The molecular weight excluding hydrogens is 269 g/mol. The molecule has 0 amide bonds. The highest BCUT2D eigenvalue weighted by Gasteiger charge is 2.73. The molecule has 0 saturated carbocycles. The van der Waals surface area contributed by atoms with Crippen LogP contribution < -0.4 is 0 Å². The third-order valence-corrected chi connectivity index (χ3v) is 2.32. The van der Waals surface area contributed by atoms with E-state index in [4.69, 9.17) is 5.11 Å². The van der Waals surface area contributed by atoms with E-state index in [9.17, 15) is 30.7 Å². The lowest BCUT2D eigenvalue weighted by Gasteiger charge is -2.30. The van der Waals surface area contributed by atoms with Gasteiger partial charge in [-0.3, -0.25) is 0 Å². The number of aliphatic hydroxyl groups is 1. The molecule has 0 aliphatic carbocycles. The minimum absolute atomic E-state index is 0.0745. The Bertz CT molecular complexity index is 390. The maximum absolute atomic E-state index is 13.5. The van der Waals surface area contributed by atoms with Crippen LogP contribution in [0.2, 0.25) is 0 Å². The highest BCUT2D eigenvalue weighted by Crippen LogP contribution is 2.53. The van der Waals surface area contributed by atoms with Gasteiger partial charge in [0.05, 0.1) is 6.61 Å². The summed E-state index contributed by atoms with van der Waals surface area (Å²) in [6.45, 7) is -0.572. The van der Waals surface area contributed by atoms with Crippen molar-refractivity contribution in [3.05, 3.63) is 35.4 Å². The van der Waals surface area contributed by atoms with Crippen molar-refractivity contribution < 1.29 is 35.8 Å². The summed E-state index contributed by atoms with van der Waals surface area (Å²) in [5.41, 5.74) is -6.92. The molecule has 1 aromatic rings. The Kier molecular flexibility index (Phi) is 3.62. The molecule has 0 saturated heterocycles. The van der Waals surface area contributed by atoms with Crippen molar-refractivity contribution in [2.75, 3.05) is 0 Å². The van der Waals surface area contributed by atoms with Crippen LogP contribution in [0.25, 0.3) is 0 Å². The largest absolute Gasteiger partial charge is 0.435 e. The predicted octanol–water partition coefficient (Wildman–Crippen LogP) is 3.47. The van der Waals surface area contributed by atoms with E-state index >= 15 is 0 Å². The first-order chi connectivity index (χ1) is 8.04. The molecule has 1 N–H and O–H groups in total. The Labute approximate surface area is 96.8 Å². The van der Waals surface area contributed by atoms with E-state index in [0.717, 1.165) is 12.1 Å². The Morgan fingerprint density at radius 2 is 1.17 bits per heavy atom. The van der Waals surface area contributed by atoms with E-state index in [1.807, 2.05) is 0 Å². The second-order valence-corrected chi connectivity index (χ2v) is 3.51. The lowest BCUT2D eigenvalue weighted by atomic mass is 9.93. The first-order valence-corrected chi connectivity index (χ1v) is 4.56. The fraction of sp³-hybridized carbons (Fsp3) is 0.400. The summed E-state index contributed by atoms with van der Waals surface area (Å²) in [5.74, 6) is 0. The van der Waals surface area contributed by atoms with Crippen molar-refractivity contribution in [3.8, 4) is 0 Å². The van der Waals surface area contributed by atoms with Crippen molar-refractivity contribution in [1.29, 1.82) is 0 Å². The van der Waals surface area contributed by atoms with Crippen molar-refractivity contribution in [2.45, 2.75) is 24.6 Å². The van der Waals surface area contributed by atoms with Crippen molar-refractivity contribution in [1.82, 2.24) is 0 Å². The molecule has 0 fully saturated rings. The van der Waals surface area contributed by atoms with Crippen LogP contribution in [-0.4, -0.2) is 17.5 Å². The average molecular weight is 276 g/mol. The molecular formula is C10H7F7O. The second-order valence-electron chi connectivity index (χ2n) is 3.51. The molecule has 18 heavy (non-hydrogen) atoms. The summed E-state index contributed by atoms with van der Waals surface area (Å²) in [6.07, 6.45) is -12.2. The van der Waals surface area contributed by atoms with Gasteiger partial charge in [0, 0.05) is 5.56 Å². The zero-order valence-electron chi connectivity index (χ0n) is 8.61. The third kappa shape index (κ3) is 2.29. The zero-order valence-corrected chi connectivity index (χ0v) is 8.61. The molecule has 0 unspecified atom stereocenters. The molecule has 0 bridgehead atoms. The van der Waals surface area contributed by atoms with Gasteiger partial charge < -0.3 is 5.11 Å². The SMILES string of the molecule is OCc1ccc(C(F)(C(F)(F)F)C(F)(F)F)cc1. The number of halogens is 7. The van der Waals surface area contributed by atoms with Gasteiger partial charge in [-0.15, -0.1) is 0 Å². The molecule has 0 aliphatic rings. The van der Waals surface area contributed by atoms with E-state index in [1.165, 1.54) is 0 Å². The van der Waals surface area contributed by atoms with Gasteiger partial charge in [0.25, 0.3) is 0 Å². The summed E-state index contributed by atoms with van der Waals surface area (Å²) in [4.78, 5) is 0. The fourth-order valence-electron chi connectivity index (χ4n) is 1.33. The van der Waals surface area contributed by atoms with Crippen LogP contribution in [0.5, 0.6) is 0 Å². The maximum atomic E-state index is 13.5. The Balaban J connectivity index is 3.36. The normalized spacial score (nSPS) is 13.8. The Morgan fingerprint density at radius 1 is 0.778 bits per heavy atom. The Morgan fingerprint density at radius 3 is 1.44 bits per heavy atom. The summed E-state index contributed by atoms with van der Waals surface area (Å²) >= 11 is 0. The molecule has 0 atom stereocenters. The second kappa shape index (κ2) is 4.42. The summed E-state index contributed by atoms with van der Waals surface area (Å²) in [7, 11) is 0. The summed E-state index contributed by atoms with van der Waals surface area (Å²) < 4.78 is 87.4. The van der Waals surface area contributed by atoms with E-state index in [1.54, 1.807) is 0 Å². The zero-order chi connectivity index (χ0) is 14.2. The molecule has 0 radical (unpaired) electrons. The van der Waals surface area contributed by atoms with Crippen LogP contribution in [-0.2, 0) is 12.3 Å². The third-order valence-electron chi connectivity index (χ3n) is 2.32. The molecule has 0 aliphatic heterocycles. The lowest BCUT2D eigenvalue weighted by molar-refractivity contribution is -0.348. The van der Waals surface area contributed by atoms with Gasteiger partial charge in [-0.2, -0.15) is 26.3 Å². The highest BCUT2D eigenvalue weighted by molar-refractivity contribution is 5.30. The van der Waals surface area contributed by atoms with Gasteiger partial charge in [0.15, 0.2) is 0 Å². The standard InChI is InChI=1S/C10H7F7O/c11-8(9(12,13)14,10(15,16)17)7-3-1-6(5-18)2-4-7/h1-4,18H,5H2. The van der Waals surface area contributed by atoms with Gasteiger partial charge in [0.2, 0.25) is 0 Å². The lowest BCUT2D eigenvalue weighted by Crippen LogP contribution is -2.50. The number of alkyl halides is 7. The van der Waals surface area contributed by atoms with Crippen LogP contribution in [0.1, 0.15) is 11.1 Å². The Hall–Kier alpha value is -1.31. The monoisotopic (exact) mass is 276 g/mol. The first-order valence-electron chi connectivity index (χ1n) is 4.56. The van der Waals surface area contributed by atoms with Crippen LogP contribution in [0.4, 0.5) is 30.7 Å². The number of rotatable bonds is 2. The molecule has 1 nitrogen and oxygen atoms in total. The van der Waals surface area contributed by atoms with Crippen molar-refractivity contribution in [2.24, 2.45) is 0 Å². The van der Waals surface area contributed by atoms with Crippen LogP contribution in [0, 0.1) is 0 Å². The minimum Gasteiger partial charge on any atom is -0.392 e. The maximum Gasteiger partial charge on any atom is 0.435 e. The molecule has 0 aromatic heterocycles. The number of hydrogen-bond donors (Lipinski definition) is 1. The quantitative estimate of drug-likeness (QED) is 0.820. The smallest absolute Gasteiger partial charge is 0.392 e. The van der Waals surface area contributed by atoms with E-state index in [0.29, 0.717) is 12.1 Å². The van der Waals surface area contributed by atoms with Gasteiger partial charge in [-0.1, -0.05) is 24.3 Å². The molecule has 1 aromatic carbocycles. The highest BCUT2D eigenvalue weighted by atomic mass is 19.4. The molecule has 102 valence electrons. The molecule has 0 spiro atoms. The molecule has 8 heteroatoms. The minimum atomic E-state index is -6.12. The van der Waals surface area contributed by atoms with Crippen LogP contribution in [0.3, 0.4) is 0 Å². The van der Waals surface area contributed by atoms with Gasteiger partial charge in [-0.05, 0) is 5.56 Å². The molecule has 1 rings (SSSR count). The van der Waals surface area contributed by atoms with Crippen LogP contribution in [0.15, 0.2) is 24.3 Å². The number of aliphatic hydroxyl groups excluding tert-OH is 1. The first kappa shape index (κ1) is 14.7. The van der Waals surface area contributed by atoms with Gasteiger partial charge in [0.1, 0.15) is 0 Å². The number of benzene rings is 1. The fourth-order valence-corrected chi connectivity index (χ4v) is 1.33. The van der Waals surface area contributed by atoms with Gasteiger partial charge in [-0.25, -0.2) is 4.39 Å². The van der Waals surface area contributed by atoms with E-state index in [-0.39, 0.29) is 5.56 Å². The van der Waals surface area contributed by atoms with Gasteiger partial charge >= 0.3 is 18.0 Å². The summed E-state index contributed by atoms with van der Waals surface area (Å²) in [6, 6.07) is 2.29. The van der Waals surface area contributed by atoms with E-state index in [2.05, 4.69) is 0 Å². The molecule has 0 heterocycles. The topological polar surface area (TPSA) is 20.2 Å².